The van der Waals surface area contributed by atoms with E-state index in [4.69, 9.17) is 15.0 Å². The Labute approximate surface area is 835 Å². The molecule has 0 atom stereocenters. The predicted molar refractivity (Wildman–Crippen MR) is 600 cm³/mol. The summed E-state index contributed by atoms with van der Waals surface area (Å²) in [5.41, 5.74) is 50.4. The lowest BCUT2D eigenvalue weighted by Crippen LogP contribution is -2.14. The van der Waals surface area contributed by atoms with Gasteiger partial charge >= 0.3 is 0 Å². The second-order valence-electron chi connectivity index (χ2n) is 41.4. The Morgan fingerprint density at radius 3 is 0.861 bits per heavy atom. The van der Waals surface area contributed by atoms with Gasteiger partial charge in [-0.1, -0.05) is 286 Å². The van der Waals surface area contributed by atoms with E-state index in [0.29, 0.717) is 0 Å². The second kappa shape index (κ2) is 31.9. The fourth-order valence-corrected chi connectivity index (χ4v) is 25.1. The predicted octanol–water partition coefficient (Wildman–Crippen LogP) is 34.8. The zero-order valence-corrected chi connectivity index (χ0v) is 81.3. The number of benzene rings is 18. The molecule has 0 spiro atoms. The minimum atomic E-state index is -0.0780. The fourth-order valence-electron chi connectivity index (χ4n) is 25.1. The van der Waals surface area contributed by atoms with E-state index in [2.05, 4.69) is 502 Å². The Kier molecular flexibility index (Phi) is 18.7. The Bertz CT molecular complexity index is 9810. The van der Waals surface area contributed by atoms with Crippen molar-refractivity contribution in [1.29, 1.82) is 0 Å². The molecule has 0 N–H and O–H groups in total. The van der Waals surface area contributed by atoms with Crippen molar-refractivity contribution in [3.63, 3.8) is 0 Å². The van der Waals surface area contributed by atoms with E-state index in [0.717, 1.165) is 72.9 Å². The number of anilines is 3. The highest BCUT2D eigenvalue weighted by atomic mass is 15.1. The van der Waals surface area contributed by atoms with Crippen LogP contribution in [0.15, 0.2) is 455 Å². The monoisotopic (exact) mass is 1850 g/mol. The standard InChI is InChI=1S/C50H36N4.C44H31N3.C41H32N2/c1-50(2)43-20-11-9-18-38(43)40-32-48-42(31-44(40)50)49-47(22-13-29-51-49)54(48)36-25-23-35(24-26-36)52(33-14-5-3-6-15-33)37-27-28-46-41(30-37)39-19-10-12-21-45(39)53(46)34-16-7-4-8-17-34;1-44(2)37-15-8-6-13-32(37)34-27-42-36(26-38(34)44)43-41(17-10-24-45-43)47(42)31-21-18-28(19-22-31)29-20-23-40-35(25-29)33-14-7-9-16-39(33)46(40)30-11-4-3-5-12-30;1-40(2)33-12-7-5-10-28(33)30-20-17-26(22-35(30)40)25-15-18-27(19-16-25)43-37-14-9-21-42-39(37)32-23-36-31(24-38(32)43)29-11-6-8-13-34(29)41(36,3)4/h3-32H,1-2H3;3-27H,1-2H3;5-24H,1-4H3. The van der Waals surface area contributed by atoms with Gasteiger partial charge in [-0.2, -0.15) is 0 Å². The van der Waals surface area contributed by atoms with Gasteiger partial charge < -0.3 is 27.7 Å². The summed E-state index contributed by atoms with van der Waals surface area (Å²) < 4.78 is 11.9. The van der Waals surface area contributed by atoms with Gasteiger partial charge in [0.1, 0.15) is 0 Å². The molecule has 144 heavy (non-hydrogen) atoms. The maximum atomic E-state index is 4.94. The van der Waals surface area contributed by atoms with Gasteiger partial charge in [0.15, 0.2) is 0 Å². The van der Waals surface area contributed by atoms with Crippen LogP contribution in [0.3, 0.4) is 0 Å². The van der Waals surface area contributed by atoms with Crippen LogP contribution in [0.25, 0.3) is 205 Å². The molecule has 684 valence electrons. The highest BCUT2D eigenvalue weighted by Gasteiger charge is 2.41. The Balaban J connectivity index is 0.000000106. The highest BCUT2D eigenvalue weighted by Crippen LogP contribution is 2.57. The van der Waals surface area contributed by atoms with Crippen LogP contribution in [0.1, 0.15) is 99.9 Å². The summed E-state index contributed by atoms with van der Waals surface area (Å²) in [6.45, 7) is 18.7. The Morgan fingerprint density at radius 2 is 0.444 bits per heavy atom. The van der Waals surface area contributed by atoms with E-state index in [9.17, 15) is 0 Å². The molecule has 8 heterocycles. The molecule has 26 aromatic rings. The van der Waals surface area contributed by atoms with Crippen molar-refractivity contribution in [2.75, 3.05) is 4.90 Å². The largest absolute Gasteiger partial charge is 0.310 e. The maximum Gasteiger partial charge on any atom is 0.0963 e. The first-order valence-electron chi connectivity index (χ1n) is 50.2. The van der Waals surface area contributed by atoms with Crippen LogP contribution in [-0.4, -0.2) is 37.8 Å². The minimum absolute atomic E-state index is 0.00864. The first-order chi connectivity index (χ1) is 70.5. The number of fused-ring (bicyclic) bond motifs is 27. The summed E-state index contributed by atoms with van der Waals surface area (Å²) in [4.78, 5) is 17.1. The van der Waals surface area contributed by atoms with Crippen molar-refractivity contribution in [3.8, 4) is 95.2 Å². The summed E-state index contributed by atoms with van der Waals surface area (Å²) in [7, 11) is 0. The zero-order chi connectivity index (χ0) is 96.3. The highest BCUT2D eigenvalue weighted by molar-refractivity contribution is 6.16. The van der Waals surface area contributed by atoms with Gasteiger partial charge in [0.25, 0.3) is 0 Å². The summed E-state index contributed by atoms with van der Waals surface area (Å²) in [5, 5.41) is 8.57. The van der Waals surface area contributed by atoms with Crippen molar-refractivity contribution in [2.45, 2.75) is 77.0 Å². The van der Waals surface area contributed by atoms with Gasteiger partial charge in [0.05, 0.1) is 71.7 Å². The van der Waals surface area contributed by atoms with E-state index >= 15 is 0 Å². The lowest BCUT2D eigenvalue weighted by Gasteiger charge is -2.26. The summed E-state index contributed by atoms with van der Waals surface area (Å²) in [6.07, 6.45) is 5.73. The molecule has 0 unspecified atom stereocenters. The SMILES string of the molecule is CC1(C)c2ccccc2-c2cc3c(cc21)c1ncccc1n3-c1ccc(-c2ccc3c(c2)c2ccccc2n3-c2ccccc2)cc1.CC1(C)c2ccccc2-c2cc3c(cc21)c1ncccc1n3-c1ccc(N(c2ccccc2)c2ccc3c(c2)c2ccccc2n3-c2ccccc2)cc1.CC1(C)c2ccccc2-c2ccc(-c3ccc(-n4c5cc6c(cc5c5ncccc54)C(C)(C)c4ccccc4-6)cc3)cc21. The van der Waals surface area contributed by atoms with Crippen LogP contribution in [-0.2, 0) is 21.7 Å². The molecule has 9 heteroatoms. The summed E-state index contributed by atoms with van der Waals surface area (Å²) in [6, 6.07) is 160. The van der Waals surface area contributed by atoms with Crippen LogP contribution in [0.2, 0.25) is 0 Å². The lowest BCUT2D eigenvalue weighted by atomic mass is 9.81. The van der Waals surface area contributed by atoms with Crippen LogP contribution < -0.4 is 4.90 Å². The quantitative estimate of drug-likeness (QED) is 0.137. The maximum absolute atomic E-state index is 4.94. The van der Waals surface area contributed by atoms with Crippen LogP contribution >= 0.6 is 0 Å². The number of para-hydroxylation sites is 5. The first kappa shape index (κ1) is 84.3. The molecule has 9 nitrogen and oxygen atoms in total. The van der Waals surface area contributed by atoms with Gasteiger partial charge in [-0.25, -0.2) is 0 Å². The van der Waals surface area contributed by atoms with Crippen molar-refractivity contribution in [3.05, 3.63) is 500 Å². The van der Waals surface area contributed by atoms with Gasteiger partial charge in [0.2, 0.25) is 0 Å². The number of aromatic nitrogens is 8. The van der Waals surface area contributed by atoms with E-state index in [1.165, 1.54) is 193 Å². The molecular formula is C135H99N9. The van der Waals surface area contributed by atoms with Gasteiger partial charge in [-0.15, -0.1) is 0 Å². The Morgan fingerprint density at radius 1 is 0.167 bits per heavy atom. The molecule has 0 radical (unpaired) electrons. The van der Waals surface area contributed by atoms with Gasteiger partial charge in [-0.3, -0.25) is 15.0 Å². The smallest absolute Gasteiger partial charge is 0.0963 e. The van der Waals surface area contributed by atoms with E-state index < -0.39 is 0 Å². The lowest BCUT2D eigenvalue weighted by molar-refractivity contribution is 0.660. The molecule has 0 fully saturated rings. The molecular weight excluding hydrogens is 1750 g/mol. The normalized spacial score (nSPS) is 13.9. The first-order valence-corrected chi connectivity index (χ1v) is 50.2. The second-order valence-corrected chi connectivity index (χ2v) is 41.4. The molecule has 4 aliphatic carbocycles. The van der Waals surface area contributed by atoms with Crippen molar-refractivity contribution < 1.29 is 0 Å². The molecule has 0 saturated carbocycles. The summed E-state index contributed by atoms with van der Waals surface area (Å²) >= 11 is 0. The van der Waals surface area contributed by atoms with Crippen LogP contribution in [0.4, 0.5) is 17.1 Å². The van der Waals surface area contributed by atoms with Gasteiger partial charge in [-0.05, 0) is 318 Å². The van der Waals surface area contributed by atoms with E-state index in [-0.39, 0.29) is 21.7 Å². The third-order valence-corrected chi connectivity index (χ3v) is 32.2. The molecule has 8 aromatic heterocycles. The fraction of sp³-hybridized carbons (Fsp3) is 0.0889. The number of rotatable bonds is 10. The molecule has 0 amide bonds. The zero-order valence-electron chi connectivity index (χ0n) is 81.3. The summed E-state index contributed by atoms with van der Waals surface area (Å²) in [5.74, 6) is 0. The molecule has 0 saturated heterocycles. The average molecular weight is 1850 g/mol. The van der Waals surface area contributed by atoms with Crippen molar-refractivity contribution in [1.82, 2.24) is 37.8 Å². The van der Waals surface area contributed by atoms with Crippen LogP contribution in [0.5, 0.6) is 0 Å². The topological polar surface area (TPSA) is 66.6 Å². The third kappa shape index (κ3) is 12.6. The number of hydrogen-bond donors (Lipinski definition) is 0. The van der Waals surface area contributed by atoms with Gasteiger partial charge in [0, 0.05) is 123 Å². The molecule has 18 aromatic carbocycles. The average Bonchev–Trinajstić information content (AvgIpc) is 1.55. The molecule has 0 aliphatic heterocycles. The van der Waals surface area contributed by atoms with Crippen molar-refractivity contribution >= 4 is 126 Å². The molecule has 4 aliphatic rings. The Hall–Kier alpha value is -17.8. The number of nitrogens with zero attached hydrogens (tertiary/aromatic N) is 9. The molecule has 30 rings (SSSR count). The van der Waals surface area contributed by atoms with Crippen molar-refractivity contribution in [2.24, 2.45) is 0 Å². The third-order valence-electron chi connectivity index (χ3n) is 32.2. The van der Waals surface area contributed by atoms with E-state index in [1.54, 1.807) is 0 Å². The molecule has 0 bridgehead atoms. The van der Waals surface area contributed by atoms with E-state index in [1.807, 2.05) is 36.8 Å². The minimum Gasteiger partial charge on any atom is -0.310 e. The van der Waals surface area contributed by atoms with Crippen LogP contribution in [0, 0.1) is 0 Å². The number of pyridine rings is 3. The number of hydrogen-bond acceptors (Lipinski definition) is 4.